The molecule has 4 heterocycles. The molecule has 1 aromatic carbocycles. The number of aliphatic imine (C=N–C) groups is 3. The predicted molar refractivity (Wildman–Crippen MR) is 162 cm³/mol. The Balaban J connectivity index is 1.37. The molecule has 15 heteroatoms. The average Bonchev–Trinajstić information content (AvgIpc) is 3.21. The quantitative estimate of drug-likeness (QED) is 0.440. The smallest absolute Gasteiger partial charge is 0.338 e. The maximum absolute atomic E-state index is 15.4. The highest BCUT2D eigenvalue weighted by Gasteiger charge is 2.41. The van der Waals surface area contributed by atoms with Crippen molar-refractivity contribution in [2.75, 3.05) is 44.6 Å². The second-order valence-electron chi connectivity index (χ2n) is 11.1. The summed E-state index contributed by atoms with van der Waals surface area (Å²) in [6.45, 7) is 2.12. The zero-order chi connectivity index (χ0) is 33.2. The normalized spacial score (nSPS) is 20.2. The number of hydrogen-bond acceptors (Lipinski definition) is 7. The molecule has 1 aromatic rings. The second-order valence-corrected chi connectivity index (χ2v) is 11.1. The molecule has 4 aliphatic rings. The van der Waals surface area contributed by atoms with E-state index in [9.17, 15) is 31.5 Å². The summed E-state index contributed by atoms with van der Waals surface area (Å²) in [5.41, 5.74) is 5.45. The van der Waals surface area contributed by atoms with Crippen LogP contribution in [0.25, 0.3) is 0 Å². The van der Waals surface area contributed by atoms with Gasteiger partial charge in [-0.3, -0.25) is 19.6 Å². The lowest BCUT2D eigenvalue weighted by atomic mass is 9.86. The molecule has 0 aliphatic carbocycles. The van der Waals surface area contributed by atoms with Crippen molar-refractivity contribution in [3.63, 3.8) is 0 Å². The van der Waals surface area contributed by atoms with E-state index in [1.165, 1.54) is 23.4 Å². The van der Waals surface area contributed by atoms with Crippen LogP contribution in [0.15, 0.2) is 74.5 Å². The molecule has 46 heavy (non-hydrogen) atoms. The van der Waals surface area contributed by atoms with Crippen LogP contribution in [0.2, 0.25) is 0 Å². The number of amides is 2. The Kier molecular flexibility index (Phi) is 9.60. The van der Waals surface area contributed by atoms with Crippen LogP contribution in [0.3, 0.4) is 0 Å². The van der Waals surface area contributed by atoms with Crippen molar-refractivity contribution in [1.82, 2.24) is 9.80 Å². The molecule has 0 aromatic heterocycles. The Morgan fingerprint density at radius 1 is 1.09 bits per heavy atom. The summed E-state index contributed by atoms with van der Waals surface area (Å²) in [4.78, 5) is 40.4. The van der Waals surface area contributed by atoms with Gasteiger partial charge in [-0.25, -0.2) is 18.2 Å². The van der Waals surface area contributed by atoms with Gasteiger partial charge in [0.2, 0.25) is 12.3 Å². The molecule has 0 radical (unpaired) electrons. The number of aryl methyl sites for hydroxylation is 1. The lowest BCUT2D eigenvalue weighted by Gasteiger charge is -2.35. The molecule has 3 N–H and O–H groups in total. The van der Waals surface area contributed by atoms with Crippen molar-refractivity contribution in [3.05, 3.63) is 76.4 Å². The van der Waals surface area contributed by atoms with Crippen molar-refractivity contribution in [2.45, 2.75) is 32.4 Å². The number of nitrogens with two attached hydrogens (primary N) is 1. The van der Waals surface area contributed by atoms with Crippen molar-refractivity contribution in [2.24, 2.45) is 26.6 Å². The van der Waals surface area contributed by atoms with Crippen LogP contribution in [0.4, 0.5) is 32.0 Å². The van der Waals surface area contributed by atoms with E-state index >= 15 is 4.39 Å². The van der Waals surface area contributed by atoms with E-state index in [0.717, 1.165) is 6.07 Å². The number of halogens is 6. The van der Waals surface area contributed by atoms with E-state index < -0.39 is 42.4 Å². The lowest BCUT2D eigenvalue weighted by Crippen LogP contribution is -2.52. The van der Waals surface area contributed by atoms with E-state index in [1.54, 1.807) is 30.0 Å². The van der Waals surface area contributed by atoms with Gasteiger partial charge in [0.25, 0.3) is 5.91 Å². The number of alkyl halides is 5. The van der Waals surface area contributed by atoms with E-state index in [2.05, 4.69) is 20.3 Å². The molecule has 5 rings (SSSR count). The van der Waals surface area contributed by atoms with Gasteiger partial charge in [-0.15, -0.1) is 0 Å². The van der Waals surface area contributed by atoms with E-state index in [0.29, 0.717) is 29.9 Å². The zero-order valence-electron chi connectivity index (χ0n) is 24.8. The number of benzene rings is 1. The molecular formula is C31H31F6N7O2. The number of piperazine rings is 1. The fourth-order valence-electron chi connectivity index (χ4n) is 5.71. The van der Waals surface area contributed by atoms with Gasteiger partial charge in [0, 0.05) is 75.1 Å². The average molecular weight is 648 g/mol. The number of anilines is 1. The molecule has 0 saturated carbocycles. The first kappa shape index (κ1) is 32.9. The third-order valence-electron chi connectivity index (χ3n) is 7.94. The van der Waals surface area contributed by atoms with E-state index in [-0.39, 0.29) is 66.7 Å². The number of rotatable bonds is 6. The molecular weight excluding hydrogens is 616 g/mol. The number of nitrogens with zero attached hydrogens (tertiary/aromatic N) is 5. The molecule has 1 saturated heterocycles. The van der Waals surface area contributed by atoms with Crippen LogP contribution in [0, 0.1) is 18.7 Å². The summed E-state index contributed by atoms with van der Waals surface area (Å²) in [7, 11) is 0. The third kappa shape index (κ3) is 7.14. The minimum absolute atomic E-state index is 0.0167. The summed E-state index contributed by atoms with van der Waals surface area (Å²) < 4.78 is 83.0. The van der Waals surface area contributed by atoms with E-state index in [4.69, 9.17) is 5.73 Å². The maximum Gasteiger partial charge on any atom is 0.433 e. The Morgan fingerprint density at radius 2 is 1.80 bits per heavy atom. The van der Waals surface area contributed by atoms with Crippen molar-refractivity contribution < 1.29 is 35.9 Å². The van der Waals surface area contributed by atoms with Gasteiger partial charge < -0.3 is 20.9 Å². The Morgan fingerprint density at radius 3 is 2.46 bits per heavy atom. The number of carbonyl (C=O) groups excluding carboxylic acids is 2. The standard InChI is InChI=1S/C31H31F6N7O2/c1-17-9-21(13-23(32)26(17)30(46)44-7-5-43(6-8-44)25(45)14-38)42-29-27-19(3-2-4-39-29)12-20(16-40-27)22-10-18(11-24(33)34)15-41-28(22)31(35,36)37/h2-4,9-10,13,16,18,24H,5-8,11-12,14-15,38H2,1H3,(H,39,42). The monoisotopic (exact) mass is 647 g/mol. The van der Waals surface area contributed by atoms with Gasteiger partial charge >= 0.3 is 6.18 Å². The second kappa shape index (κ2) is 13.4. The van der Waals surface area contributed by atoms with Crippen LogP contribution in [0.1, 0.15) is 28.8 Å². The first-order chi connectivity index (χ1) is 21.8. The van der Waals surface area contributed by atoms with Gasteiger partial charge in [0.15, 0.2) is 5.84 Å². The fourth-order valence-corrected chi connectivity index (χ4v) is 5.71. The number of dihydropyridines is 1. The summed E-state index contributed by atoms with van der Waals surface area (Å²) in [6, 6.07) is 2.71. The Hall–Kier alpha value is -4.53. The number of allylic oxidation sites excluding steroid dienone is 4. The highest BCUT2D eigenvalue weighted by Crippen LogP contribution is 2.36. The SMILES string of the molecule is Cc1cc(NC2=NC=CC=C3CC(C4=CC(CC(F)F)CN=C4C(F)(F)F)=CN=C32)cc(F)c1C(=O)N1CCN(C(=O)CN)CC1. The minimum Gasteiger partial charge on any atom is -0.338 e. The van der Waals surface area contributed by atoms with Gasteiger partial charge in [-0.1, -0.05) is 12.2 Å². The minimum atomic E-state index is -4.79. The van der Waals surface area contributed by atoms with Gasteiger partial charge in [0.05, 0.1) is 12.1 Å². The number of nitrogens with one attached hydrogen (secondary N) is 1. The largest absolute Gasteiger partial charge is 0.433 e. The Labute approximate surface area is 260 Å². The molecule has 244 valence electrons. The molecule has 0 bridgehead atoms. The molecule has 4 aliphatic heterocycles. The van der Waals surface area contributed by atoms with Crippen molar-refractivity contribution in [3.8, 4) is 0 Å². The highest BCUT2D eigenvalue weighted by molar-refractivity contribution is 6.51. The van der Waals surface area contributed by atoms with Crippen LogP contribution in [0.5, 0.6) is 0 Å². The lowest BCUT2D eigenvalue weighted by molar-refractivity contribution is -0.131. The number of amidine groups is 1. The van der Waals surface area contributed by atoms with Crippen molar-refractivity contribution >= 4 is 34.8 Å². The summed E-state index contributed by atoms with van der Waals surface area (Å²) in [5.74, 6) is -2.18. The van der Waals surface area contributed by atoms with Gasteiger partial charge in [0.1, 0.15) is 17.2 Å². The van der Waals surface area contributed by atoms with E-state index in [1.807, 2.05) is 0 Å². The third-order valence-corrected chi connectivity index (χ3v) is 7.94. The zero-order valence-corrected chi connectivity index (χ0v) is 24.8. The van der Waals surface area contributed by atoms with Crippen LogP contribution in [-0.2, 0) is 4.79 Å². The molecule has 1 atom stereocenters. The molecule has 0 spiro atoms. The molecule has 2 amide bonds. The van der Waals surface area contributed by atoms with Gasteiger partial charge in [-0.2, -0.15) is 13.2 Å². The summed E-state index contributed by atoms with van der Waals surface area (Å²) in [6.07, 6.45) is -1.04. The molecule has 1 unspecified atom stereocenters. The number of hydrogen-bond donors (Lipinski definition) is 2. The molecule has 9 nitrogen and oxygen atoms in total. The number of carbonyl (C=O) groups is 2. The summed E-state index contributed by atoms with van der Waals surface area (Å²) >= 11 is 0. The topological polar surface area (TPSA) is 116 Å². The summed E-state index contributed by atoms with van der Waals surface area (Å²) in [5, 5.41) is 3.00. The van der Waals surface area contributed by atoms with Crippen LogP contribution < -0.4 is 11.1 Å². The van der Waals surface area contributed by atoms with Crippen LogP contribution >= 0.6 is 0 Å². The fraction of sp³-hybridized carbons (Fsp3) is 0.387. The van der Waals surface area contributed by atoms with Gasteiger partial charge in [-0.05, 0) is 41.8 Å². The first-order valence-corrected chi connectivity index (χ1v) is 14.5. The number of fused-ring (bicyclic) bond motifs is 1. The predicted octanol–water partition coefficient (Wildman–Crippen LogP) is 4.58. The van der Waals surface area contributed by atoms with Crippen LogP contribution in [-0.4, -0.2) is 90.7 Å². The highest BCUT2D eigenvalue weighted by atomic mass is 19.4. The maximum atomic E-state index is 15.4. The molecule has 1 fully saturated rings. The Bertz CT molecular complexity index is 1610. The first-order valence-electron chi connectivity index (χ1n) is 14.5. The van der Waals surface area contributed by atoms with Crippen molar-refractivity contribution in [1.29, 1.82) is 0 Å².